The van der Waals surface area contributed by atoms with E-state index in [1.807, 2.05) is 6.07 Å². The molecule has 0 unspecified atom stereocenters. The number of thioether (sulfide) groups is 1. The van der Waals surface area contributed by atoms with Gasteiger partial charge in [-0.25, -0.2) is 4.68 Å². The van der Waals surface area contributed by atoms with Crippen molar-refractivity contribution in [3.8, 4) is 5.69 Å². The second-order valence-corrected chi connectivity index (χ2v) is 6.51. The molecule has 24 heavy (non-hydrogen) atoms. The number of nitrogens with one attached hydrogen (secondary N) is 2. The number of halogens is 1. The van der Waals surface area contributed by atoms with Crippen LogP contribution < -0.4 is 10.6 Å². The molecule has 3 N–H and O–H groups in total. The summed E-state index contributed by atoms with van der Waals surface area (Å²) >= 11 is 7.73. The Morgan fingerprint density at radius 2 is 2.17 bits per heavy atom. The van der Waals surface area contributed by atoms with E-state index in [0.717, 1.165) is 17.0 Å². The lowest BCUT2D eigenvalue weighted by atomic mass is 10.2. The average Bonchev–Trinajstić information content (AvgIpc) is 3.15. The number of hydrogen-bond donors (Lipinski definition) is 3. The quantitative estimate of drug-likeness (QED) is 0.709. The highest BCUT2D eigenvalue weighted by Crippen LogP contribution is 2.36. The van der Waals surface area contributed by atoms with Gasteiger partial charge in [-0.15, -0.1) is 0 Å². The Morgan fingerprint density at radius 3 is 2.92 bits per heavy atom. The Morgan fingerprint density at radius 1 is 1.33 bits per heavy atom. The Bertz CT molecular complexity index is 793. The standard InChI is InChI=1S/C15H15ClN4O3S/c16-9-2-1-3-10(6-9)20-13(11-7-24-8-12(11)19-20)18-15(23)14(22)17-4-5-21/h1-3,6,21H,4-5,7-8H2,(H,17,22)(H,18,23). The van der Waals surface area contributed by atoms with Gasteiger partial charge in [0.2, 0.25) is 0 Å². The number of carbonyl (C=O) groups is 2. The zero-order chi connectivity index (χ0) is 17.1. The number of benzene rings is 1. The van der Waals surface area contributed by atoms with E-state index in [2.05, 4.69) is 15.7 Å². The first-order chi connectivity index (χ1) is 11.6. The van der Waals surface area contributed by atoms with Crippen molar-refractivity contribution in [3.63, 3.8) is 0 Å². The molecule has 0 bridgehead atoms. The highest BCUT2D eigenvalue weighted by atomic mass is 35.5. The van der Waals surface area contributed by atoms with Gasteiger partial charge in [-0.3, -0.25) is 9.59 Å². The number of anilines is 1. The molecule has 0 fully saturated rings. The van der Waals surface area contributed by atoms with E-state index in [0.29, 0.717) is 22.3 Å². The lowest BCUT2D eigenvalue weighted by Gasteiger charge is -2.11. The van der Waals surface area contributed by atoms with E-state index in [9.17, 15) is 9.59 Å². The van der Waals surface area contributed by atoms with E-state index in [1.54, 1.807) is 34.6 Å². The summed E-state index contributed by atoms with van der Waals surface area (Å²) in [7, 11) is 0. The fourth-order valence-electron chi connectivity index (χ4n) is 2.35. The molecule has 2 aromatic rings. The van der Waals surface area contributed by atoms with Gasteiger partial charge in [-0.2, -0.15) is 16.9 Å². The molecule has 9 heteroatoms. The predicted octanol–water partition coefficient (Wildman–Crippen LogP) is 1.32. The second kappa shape index (κ2) is 7.25. The van der Waals surface area contributed by atoms with Crippen molar-refractivity contribution in [2.45, 2.75) is 11.5 Å². The van der Waals surface area contributed by atoms with Gasteiger partial charge in [0.15, 0.2) is 0 Å². The van der Waals surface area contributed by atoms with Gasteiger partial charge in [0.1, 0.15) is 5.82 Å². The highest BCUT2D eigenvalue weighted by Gasteiger charge is 2.26. The molecule has 0 saturated heterocycles. The third-order valence-electron chi connectivity index (χ3n) is 3.44. The molecular formula is C15H15ClN4O3S. The summed E-state index contributed by atoms with van der Waals surface area (Å²) in [5.74, 6) is 0.335. The zero-order valence-electron chi connectivity index (χ0n) is 12.6. The largest absolute Gasteiger partial charge is 0.395 e. The van der Waals surface area contributed by atoms with Crippen LogP contribution in [0.3, 0.4) is 0 Å². The minimum atomic E-state index is -0.803. The summed E-state index contributed by atoms with van der Waals surface area (Å²) in [4.78, 5) is 23.8. The van der Waals surface area contributed by atoms with Gasteiger partial charge in [0.05, 0.1) is 18.0 Å². The molecule has 0 spiro atoms. The lowest BCUT2D eigenvalue weighted by molar-refractivity contribution is -0.136. The Kier molecular flexibility index (Phi) is 5.08. The highest BCUT2D eigenvalue weighted by molar-refractivity contribution is 7.98. The van der Waals surface area contributed by atoms with Crippen LogP contribution in [0.15, 0.2) is 24.3 Å². The van der Waals surface area contributed by atoms with Gasteiger partial charge in [-0.1, -0.05) is 17.7 Å². The van der Waals surface area contributed by atoms with Crippen LogP contribution in [0.5, 0.6) is 0 Å². The normalized spacial score (nSPS) is 12.8. The maximum absolute atomic E-state index is 12.1. The van der Waals surface area contributed by atoms with Crippen LogP contribution in [0.25, 0.3) is 5.69 Å². The number of nitrogens with zero attached hydrogens (tertiary/aromatic N) is 2. The maximum atomic E-state index is 12.1. The van der Waals surface area contributed by atoms with Gasteiger partial charge < -0.3 is 15.7 Å². The molecule has 1 aliphatic heterocycles. The number of carbonyl (C=O) groups excluding carboxylic acids is 2. The minimum absolute atomic E-state index is 0.0216. The third-order valence-corrected chi connectivity index (χ3v) is 4.65. The average molecular weight is 367 g/mol. The van der Waals surface area contributed by atoms with Crippen LogP contribution in [0.1, 0.15) is 11.3 Å². The Balaban J connectivity index is 1.92. The predicted molar refractivity (Wildman–Crippen MR) is 92.3 cm³/mol. The van der Waals surface area contributed by atoms with E-state index < -0.39 is 11.8 Å². The smallest absolute Gasteiger partial charge is 0.314 e. The molecule has 3 rings (SSSR count). The first-order valence-electron chi connectivity index (χ1n) is 7.24. The molecule has 0 saturated carbocycles. The SMILES string of the molecule is O=C(NCCO)C(=O)Nc1c2c(nn1-c1cccc(Cl)c1)CSC2. The monoisotopic (exact) mass is 366 g/mol. The van der Waals surface area contributed by atoms with Gasteiger partial charge in [0.25, 0.3) is 0 Å². The summed E-state index contributed by atoms with van der Waals surface area (Å²) in [5.41, 5.74) is 2.49. The van der Waals surface area contributed by atoms with Crippen LogP contribution in [0.2, 0.25) is 5.02 Å². The van der Waals surface area contributed by atoms with Crippen molar-refractivity contribution in [2.75, 3.05) is 18.5 Å². The van der Waals surface area contributed by atoms with Gasteiger partial charge >= 0.3 is 11.8 Å². The summed E-state index contributed by atoms with van der Waals surface area (Å²) in [6.45, 7) is -0.209. The molecule has 0 atom stereocenters. The number of aliphatic hydroxyl groups is 1. The number of aromatic nitrogens is 2. The van der Waals surface area contributed by atoms with Crippen LogP contribution in [0.4, 0.5) is 5.82 Å². The summed E-state index contributed by atoms with van der Waals surface area (Å²) in [6.07, 6.45) is 0. The van der Waals surface area contributed by atoms with Crippen LogP contribution in [-0.4, -0.2) is 39.9 Å². The van der Waals surface area contributed by atoms with Crippen molar-refractivity contribution >= 4 is 41.0 Å². The number of rotatable bonds is 4. The molecule has 126 valence electrons. The number of aliphatic hydroxyl groups excluding tert-OH is 1. The number of fused-ring (bicyclic) bond motifs is 1. The van der Waals surface area contributed by atoms with Crippen molar-refractivity contribution < 1.29 is 14.7 Å². The molecule has 0 radical (unpaired) electrons. The van der Waals surface area contributed by atoms with E-state index in [-0.39, 0.29) is 13.2 Å². The van der Waals surface area contributed by atoms with E-state index in [1.165, 1.54) is 0 Å². The summed E-state index contributed by atoms with van der Waals surface area (Å²) < 4.78 is 1.59. The fraction of sp³-hybridized carbons (Fsp3) is 0.267. The maximum Gasteiger partial charge on any atom is 0.314 e. The lowest BCUT2D eigenvalue weighted by Crippen LogP contribution is -2.37. The first-order valence-corrected chi connectivity index (χ1v) is 8.78. The molecule has 1 aromatic carbocycles. The Labute approximate surface area is 147 Å². The molecular weight excluding hydrogens is 352 g/mol. The van der Waals surface area contributed by atoms with Gasteiger partial charge in [0, 0.05) is 28.6 Å². The molecule has 2 amide bonds. The molecule has 7 nitrogen and oxygen atoms in total. The molecule has 2 heterocycles. The zero-order valence-corrected chi connectivity index (χ0v) is 14.2. The number of amides is 2. The van der Waals surface area contributed by atoms with E-state index in [4.69, 9.17) is 16.7 Å². The topological polar surface area (TPSA) is 96.2 Å². The van der Waals surface area contributed by atoms with Crippen LogP contribution >= 0.6 is 23.4 Å². The minimum Gasteiger partial charge on any atom is -0.395 e. The van der Waals surface area contributed by atoms with Crippen LogP contribution in [-0.2, 0) is 21.1 Å². The van der Waals surface area contributed by atoms with Crippen molar-refractivity contribution in [1.82, 2.24) is 15.1 Å². The molecule has 0 aliphatic carbocycles. The first kappa shape index (κ1) is 16.8. The second-order valence-electron chi connectivity index (χ2n) is 5.09. The summed E-state index contributed by atoms with van der Waals surface area (Å²) in [5, 5.41) is 18.8. The Hall–Kier alpha value is -2.03. The van der Waals surface area contributed by atoms with Gasteiger partial charge in [-0.05, 0) is 18.2 Å². The van der Waals surface area contributed by atoms with Crippen molar-refractivity contribution in [3.05, 3.63) is 40.5 Å². The molecule has 1 aromatic heterocycles. The third kappa shape index (κ3) is 3.40. The number of hydrogen-bond acceptors (Lipinski definition) is 5. The van der Waals surface area contributed by atoms with Crippen LogP contribution in [0, 0.1) is 0 Å². The fourth-order valence-corrected chi connectivity index (χ4v) is 3.57. The summed E-state index contributed by atoms with van der Waals surface area (Å²) in [6, 6.07) is 7.10. The molecule has 1 aliphatic rings. The van der Waals surface area contributed by atoms with Crippen molar-refractivity contribution in [2.24, 2.45) is 0 Å². The van der Waals surface area contributed by atoms with E-state index >= 15 is 0 Å². The van der Waals surface area contributed by atoms with Crippen molar-refractivity contribution in [1.29, 1.82) is 0 Å².